The van der Waals surface area contributed by atoms with Crippen LogP contribution in [0, 0.1) is 13.8 Å². The molecular formula is C16H14ClN3. The Hall–Kier alpha value is -2.13. The van der Waals surface area contributed by atoms with Crippen LogP contribution in [0.15, 0.2) is 36.4 Å². The van der Waals surface area contributed by atoms with Crippen molar-refractivity contribution in [1.82, 2.24) is 9.97 Å². The minimum Gasteiger partial charge on any atom is -0.383 e. The van der Waals surface area contributed by atoms with E-state index in [0.29, 0.717) is 16.7 Å². The van der Waals surface area contributed by atoms with Gasteiger partial charge in [-0.3, -0.25) is 0 Å². The molecule has 20 heavy (non-hydrogen) atoms. The van der Waals surface area contributed by atoms with Gasteiger partial charge in [0.05, 0.1) is 5.52 Å². The number of hydrogen-bond donors (Lipinski definition) is 1. The third-order valence-corrected chi connectivity index (χ3v) is 3.48. The van der Waals surface area contributed by atoms with Gasteiger partial charge in [0.1, 0.15) is 5.82 Å². The fourth-order valence-corrected chi connectivity index (χ4v) is 2.60. The number of aromatic nitrogens is 2. The van der Waals surface area contributed by atoms with Gasteiger partial charge in [0, 0.05) is 16.0 Å². The number of rotatable bonds is 1. The smallest absolute Gasteiger partial charge is 0.162 e. The Morgan fingerprint density at radius 3 is 2.60 bits per heavy atom. The quantitative estimate of drug-likeness (QED) is 0.730. The van der Waals surface area contributed by atoms with E-state index in [1.807, 2.05) is 50.2 Å². The van der Waals surface area contributed by atoms with Crippen molar-refractivity contribution >= 4 is 28.3 Å². The molecule has 3 rings (SSSR count). The highest BCUT2D eigenvalue weighted by molar-refractivity contribution is 6.30. The van der Waals surface area contributed by atoms with Gasteiger partial charge in [-0.25, -0.2) is 9.97 Å². The third-order valence-electron chi connectivity index (χ3n) is 3.26. The molecule has 4 heteroatoms. The fourth-order valence-electron chi connectivity index (χ4n) is 2.31. The molecule has 2 aromatic carbocycles. The van der Waals surface area contributed by atoms with Crippen molar-refractivity contribution in [2.24, 2.45) is 0 Å². The van der Waals surface area contributed by atoms with Gasteiger partial charge in [-0.1, -0.05) is 23.7 Å². The first kappa shape index (κ1) is 12.9. The van der Waals surface area contributed by atoms with Crippen LogP contribution in [0.1, 0.15) is 11.1 Å². The van der Waals surface area contributed by atoms with Crippen molar-refractivity contribution in [3.63, 3.8) is 0 Å². The third kappa shape index (κ3) is 2.21. The summed E-state index contributed by atoms with van der Waals surface area (Å²) in [6, 6.07) is 11.7. The van der Waals surface area contributed by atoms with Crippen LogP contribution in [0.25, 0.3) is 22.3 Å². The zero-order valence-corrected chi connectivity index (χ0v) is 12.1. The predicted molar refractivity (Wildman–Crippen MR) is 83.9 cm³/mol. The zero-order valence-electron chi connectivity index (χ0n) is 11.3. The lowest BCUT2D eigenvalue weighted by molar-refractivity contribution is 1.22. The van der Waals surface area contributed by atoms with Crippen LogP contribution in [-0.2, 0) is 0 Å². The van der Waals surface area contributed by atoms with E-state index < -0.39 is 0 Å². The number of fused-ring (bicyclic) bond motifs is 1. The summed E-state index contributed by atoms with van der Waals surface area (Å²) in [5, 5.41) is 1.56. The minimum absolute atomic E-state index is 0.492. The van der Waals surface area contributed by atoms with E-state index in [1.54, 1.807) is 0 Å². The molecule has 3 aromatic rings. The Bertz CT molecular complexity index is 792. The molecule has 0 spiro atoms. The van der Waals surface area contributed by atoms with Crippen LogP contribution >= 0.6 is 11.6 Å². The predicted octanol–water partition coefficient (Wildman–Crippen LogP) is 4.15. The molecule has 0 saturated heterocycles. The molecule has 2 N–H and O–H groups in total. The van der Waals surface area contributed by atoms with Crippen molar-refractivity contribution < 1.29 is 0 Å². The number of nitrogens with two attached hydrogens (primary N) is 1. The van der Waals surface area contributed by atoms with E-state index in [2.05, 4.69) is 9.97 Å². The second-order valence-electron chi connectivity index (χ2n) is 4.92. The summed E-state index contributed by atoms with van der Waals surface area (Å²) in [6.45, 7) is 4.01. The Morgan fingerprint density at radius 2 is 1.85 bits per heavy atom. The molecule has 1 aromatic heterocycles. The van der Waals surface area contributed by atoms with E-state index in [1.165, 1.54) is 0 Å². The van der Waals surface area contributed by atoms with Gasteiger partial charge in [-0.2, -0.15) is 0 Å². The first-order chi connectivity index (χ1) is 9.54. The lowest BCUT2D eigenvalue weighted by Gasteiger charge is -2.08. The average Bonchev–Trinajstić information content (AvgIpc) is 2.38. The Kier molecular flexibility index (Phi) is 3.07. The summed E-state index contributed by atoms with van der Waals surface area (Å²) in [5.41, 5.74) is 9.97. The molecule has 0 bridgehead atoms. The molecule has 0 fully saturated rings. The largest absolute Gasteiger partial charge is 0.383 e. The Morgan fingerprint density at radius 1 is 1.05 bits per heavy atom. The van der Waals surface area contributed by atoms with E-state index in [4.69, 9.17) is 17.3 Å². The minimum atomic E-state index is 0.492. The van der Waals surface area contributed by atoms with Gasteiger partial charge in [0.15, 0.2) is 5.82 Å². The molecule has 3 nitrogen and oxygen atoms in total. The summed E-state index contributed by atoms with van der Waals surface area (Å²) in [4.78, 5) is 9.04. The first-order valence-electron chi connectivity index (χ1n) is 6.35. The lowest BCUT2D eigenvalue weighted by atomic mass is 10.1. The maximum atomic E-state index is 6.10. The number of nitrogens with zero attached hydrogens (tertiary/aromatic N) is 2. The molecule has 0 aliphatic carbocycles. The van der Waals surface area contributed by atoms with Crippen LogP contribution in [-0.4, -0.2) is 9.97 Å². The first-order valence-corrected chi connectivity index (χ1v) is 6.73. The van der Waals surface area contributed by atoms with Crippen LogP contribution in [0.2, 0.25) is 5.02 Å². The highest BCUT2D eigenvalue weighted by atomic mass is 35.5. The molecule has 0 radical (unpaired) electrons. The van der Waals surface area contributed by atoms with Crippen molar-refractivity contribution in [1.29, 1.82) is 0 Å². The Balaban J connectivity index is 2.29. The van der Waals surface area contributed by atoms with E-state index in [0.717, 1.165) is 27.6 Å². The summed E-state index contributed by atoms with van der Waals surface area (Å²) < 4.78 is 0. The summed E-state index contributed by atoms with van der Waals surface area (Å²) >= 11 is 6.10. The number of para-hydroxylation sites is 1. The number of halogens is 1. The zero-order chi connectivity index (χ0) is 14.3. The number of aryl methyl sites for hydroxylation is 2. The second-order valence-corrected chi connectivity index (χ2v) is 5.36. The van der Waals surface area contributed by atoms with Crippen LogP contribution in [0.3, 0.4) is 0 Å². The molecule has 100 valence electrons. The molecule has 0 aliphatic heterocycles. The van der Waals surface area contributed by atoms with Gasteiger partial charge in [-0.15, -0.1) is 0 Å². The van der Waals surface area contributed by atoms with E-state index in [9.17, 15) is 0 Å². The SMILES string of the molecule is Cc1cc(Cl)cc(-c2nc(N)c3cccc(C)c3n2)c1. The van der Waals surface area contributed by atoms with E-state index >= 15 is 0 Å². The topological polar surface area (TPSA) is 51.8 Å². The normalized spacial score (nSPS) is 10.9. The molecule has 1 heterocycles. The highest BCUT2D eigenvalue weighted by Gasteiger charge is 2.09. The molecule has 0 amide bonds. The number of anilines is 1. The number of nitrogen functional groups attached to an aromatic ring is 1. The highest BCUT2D eigenvalue weighted by Crippen LogP contribution is 2.27. The van der Waals surface area contributed by atoms with Gasteiger partial charge >= 0.3 is 0 Å². The number of hydrogen-bond acceptors (Lipinski definition) is 3. The monoisotopic (exact) mass is 283 g/mol. The maximum Gasteiger partial charge on any atom is 0.162 e. The van der Waals surface area contributed by atoms with Crippen molar-refractivity contribution in [2.45, 2.75) is 13.8 Å². The molecule has 0 unspecified atom stereocenters. The summed E-state index contributed by atoms with van der Waals surface area (Å²) in [5.74, 6) is 1.10. The average molecular weight is 284 g/mol. The van der Waals surface area contributed by atoms with Crippen LogP contribution in [0.5, 0.6) is 0 Å². The lowest BCUT2D eigenvalue weighted by Crippen LogP contribution is -1.99. The van der Waals surface area contributed by atoms with Crippen molar-refractivity contribution in [2.75, 3.05) is 5.73 Å². The second kappa shape index (κ2) is 4.76. The molecule has 0 saturated carbocycles. The van der Waals surface area contributed by atoms with Crippen LogP contribution < -0.4 is 5.73 Å². The van der Waals surface area contributed by atoms with Gasteiger partial charge in [0.2, 0.25) is 0 Å². The van der Waals surface area contributed by atoms with Crippen molar-refractivity contribution in [3.8, 4) is 11.4 Å². The molecule has 0 aliphatic rings. The van der Waals surface area contributed by atoms with E-state index in [-0.39, 0.29) is 0 Å². The van der Waals surface area contributed by atoms with Gasteiger partial charge in [-0.05, 0) is 49.2 Å². The standard InChI is InChI=1S/C16H14ClN3/c1-9-6-11(8-12(17)7-9)16-19-14-10(2)4-3-5-13(14)15(18)20-16/h3-8H,1-2H3,(H2,18,19,20). The number of benzene rings is 2. The Labute approximate surface area is 122 Å². The maximum absolute atomic E-state index is 6.10. The van der Waals surface area contributed by atoms with Crippen LogP contribution in [0.4, 0.5) is 5.82 Å². The van der Waals surface area contributed by atoms with Gasteiger partial charge in [0.25, 0.3) is 0 Å². The molecular weight excluding hydrogens is 270 g/mol. The summed E-state index contributed by atoms with van der Waals surface area (Å²) in [7, 11) is 0. The molecule has 0 atom stereocenters. The van der Waals surface area contributed by atoms with Gasteiger partial charge < -0.3 is 5.73 Å². The fraction of sp³-hybridized carbons (Fsp3) is 0.125. The van der Waals surface area contributed by atoms with Crippen molar-refractivity contribution in [3.05, 3.63) is 52.5 Å². The summed E-state index contributed by atoms with van der Waals surface area (Å²) in [6.07, 6.45) is 0.